The number of methoxy groups -OCH3 is 1. The Morgan fingerprint density at radius 1 is 1.17 bits per heavy atom. The van der Waals surface area contributed by atoms with Crippen LogP contribution in [0.3, 0.4) is 0 Å². The zero-order chi connectivity index (χ0) is 26.0. The number of hydrogen-bond acceptors (Lipinski definition) is 4. The molecule has 6 nitrogen and oxygen atoms in total. The number of ether oxygens (including phenoxy) is 1. The van der Waals surface area contributed by atoms with Crippen LogP contribution in [-0.2, 0) is 16.1 Å². The number of carbonyl (C=O) groups excluding carboxylic acids is 2. The molecule has 0 saturated heterocycles. The summed E-state index contributed by atoms with van der Waals surface area (Å²) < 4.78 is 5.20. The number of aliphatic hydroxyl groups is 1. The van der Waals surface area contributed by atoms with Gasteiger partial charge >= 0.3 is 0 Å². The monoisotopic (exact) mass is 486 g/mol. The highest BCUT2D eigenvalue weighted by Gasteiger charge is 2.53. The Labute approximate surface area is 211 Å². The summed E-state index contributed by atoms with van der Waals surface area (Å²) >= 11 is 0. The Hall–Kier alpha value is -2.08. The predicted molar refractivity (Wildman–Crippen MR) is 139 cm³/mol. The van der Waals surface area contributed by atoms with Crippen LogP contribution in [-0.4, -0.2) is 36.2 Å². The van der Waals surface area contributed by atoms with Gasteiger partial charge in [0.05, 0.1) is 13.2 Å². The maximum atomic E-state index is 13.0. The summed E-state index contributed by atoms with van der Waals surface area (Å²) in [5.74, 6) is 0.706. The first-order valence-electron chi connectivity index (χ1n) is 13.2. The van der Waals surface area contributed by atoms with E-state index in [0.717, 1.165) is 37.0 Å². The molecule has 2 fully saturated rings. The van der Waals surface area contributed by atoms with Crippen molar-refractivity contribution in [1.82, 2.24) is 10.6 Å². The lowest BCUT2D eigenvalue weighted by Crippen LogP contribution is -2.58. The van der Waals surface area contributed by atoms with Gasteiger partial charge in [-0.25, -0.2) is 0 Å². The van der Waals surface area contributed by atoms with Crippen LogP contribution in [0.15, 0.2) is 24.3 Å². The van der Waals surface area contributed by atoms with Crippen LogP contribution in [0.1, 0.15) is 79.2 Å². The van der Waals surface area contributed by atoms with Crippen LogP contribution in [0, 0.1) is 34.5 Å². The molecule has 3 N–H and O–H groups in total. The van der Waals surface area contributed by atoms with Gasteiger partial charge in [-0.2, -0.15) is 0 Å². The maximum Gasteiger partial charge on any atom is 0.223 e. The van der Waals surface area contributed by atoms with Crippen molar-refractivity contribution in [1.29, 1.82) is 0 Å². The van der Waals surface area contributed by atoms with E-state index in [-0.39, 0.29) is 52.4 Å². The minimum absolute atomic E-state index is 0.0213. The summed E-state index contributed by atoms with van der Waals surface area (Å²) in [6.45, 7) is 13.1. The van der Waals surface area contributed by atoms with Gasteiger partial charge in [-0.3, -0.25) is 9.59 Å². The third kappa shape index (κ3) is 6.58. The molecule has 0 heterocycles. The first kappa shape index (κ1) is 27.5. The third-order valence-corrected chi connectivity index (χ3v) is 8.61. The number of hydrogen-bond donors (Lipinski definition) is 3. The summed E-state index contributed by atoms with van der Waals surface area (Å²) in [4.78, 5) is 25.7. The fourth-order valence-corrected chi connectivity index (χ4v) is 6.53. The van der Waals surface area contributed by atoms with Crippen LogP contribution >= 0.6 is 0 Å². The summed E-state index contributed by atoms with van der Waals surface area (Å²) in [6, 6.07) is 7.73. The summed E-state index contributed by atoms with van der Waals surface area (Å²) in [5, 5.41) is 17.9. The maximum absolute atomic E-state index is 13.0. The smallest absolute Gasteiger partial charge is 0.223 e. The fourth-order valence-electron chi connectivity index (χ4n) is 6.53. The normalized spacial score (nSPS) is 31.7. The Morgan fingerprint density at radius 2 is 1.80 bits per heavy atom. The first-order valence-corrected chi connectivity index (χ1v) is 13.2. The standard InChI is InChI=1S/C29H46N2O4/c1-18(27(34)30-17-20-8-10-21(35-7)11-9-20)22-12-14-29(6)15-13-23(19(2)25(29)26(22)33)31-24(32)16-28(3,4)5/h8-11,18-19,22-23,25-26,33H,12-17H2,1-7H3,(H,30,34)(H,31,32)/t18-,19+,22+,23-,25+,26-,29-/m0/s1. The highest BCUT2D eigenvalue weighted by molar-refractivity contribution is 5.78. The van der Waals surface area contributed by atoms with Crippen molar-refractivity contribution in [2.75, 3.05) is 7.11 Å². The highest BCUT2D eigenvalue weighted by Crippen LogP contribution is 2.55. The number of rotatable bonds is 7. The Morgan fingerprint density at radius 3 is 2.40 bits per heavy atom. The second kappa shape index (κ2) is 10.9. The molecule has 0 bridgehead atoms. The van der Waals surface area contributed by atoms with Crippen molar-refractivity contribution in [2.24, 2.45) is 34.5 Å². The second-order valence-corrected chi connectivity index (χ2v) is 12.5. The molecule has 6 heteroatoms. The van der Waals surface area contributed by atoms with Gasteiger partial charge in [0.1, 0.15) is 5.75 Å². The minimum Gasteiger partial charge on any atom is -0.497 e. The quantitative estimate of drug-likeness (QED) is 0.522. The van der Waals surface area contributed by atoms with Gasteiger partial charge in [0.25, 0.3) is 0 Å². The number of aliphatic hydroxyl groups excluding tert-OH is 1. The van der Waals surface area contributed by atoms with Crippen LogP contribution in [0.5, 0.6) is 5.75 Å². The van der Waals surface area contributed by atoms with E-state index in [2.05, 4.69) is 45.3 Å². The second-order valence-electron chi connectivity index (χ2n) is 12.5. The molecule has 0 unspecified atom stereocenters. The molecule has 0 radical (unpaired) electrons. The average Bonchev–Trinajstić information content (AvgIpc) is 2.78. The van der Waals surface area contributed by atoms with E-state index in [1.54, 1.807) is 7.11 Å². The zero-order valence-electron chi connectivity index (χ0n) is 22.7. The van der Waals surface area contributed by atoms with Crippen LogP contribution < -0.4 is 15.4 Å². The molecule has 0 spiro atoms. The molecule has 2 aliphatic carbocycles. The highest BCUT2D eigenvalue weighted by atomic mass is 16.5. The van der Waals surface area contributed by atoms with Crippen LogP contribution in [0.2, 0.25) is 0 Å². The lowest BCUT2D eigenvalue weighted by atomic mass is 9.51. The number of nitrogens with one attached hydrogen (secondary N) is 2. The topological polar surface area (TPSA) is 87.7 Å². The Balaban J connectivity index is 1.64. The molecule has 2 amide bonds. The third-order valence-electron chi connectivity index (χ3n) is 8.61. The SMILES string of the molecule is COc1ccc(CNC(=O)[C@@H](C)[C@H]2CC[C@@]3(C)CC[C@H](NC(=O)CC(C)(C)C)[C@@H](C)[C@@H]3[C@H]2O)cc1. The molecule has 2 saturated carbocycles. The number of carbonyl (C=O) groups is 2. The molecule has 1 aromatic carbocycles. The average molecular weight is 487 g/mol. The minimum atomic E-state index is -0.562. The molecule has 1 aromatic rings. The van der Waals surface area contributed by atoms with Gasteiger partial charge in [0, 0.05) is 24.9 Å². The van der Waals surface area contributed by atoms with E-state index in [1.807, 2.05) is 31.2 Å². The van der Waals surface area contributed by atoms with Gasteiger partial charge < -0.3 is 20.5 Å². The van der Waals surface area contributed by atoms with E-state index in [9.17, 15) is 14.7 Å². The van der Waals surface area contributed by atoms with E-state index < -0.39 is 6.10 Å². The Kier molecular flexibility index (Phi) is 8.56. The van der Waals surface area contributed by atoms with E-state index in [4.69, 9.17) is 4.74 Å². The lowest BCUT2D eigenvalue weighted by Gasteiger charge is -2.56. The van der Waals surface area contributed by atoms with Gasteiger partial charge in [0.15, 0.2) is 0 Å². The molecule has 196 valence electrons. The first-order chi connectivity index (χ1) is 16.3. The van der Waals surface area contributed by atoms with Crippen molar-refractivity contribution in [3.8, 4) is 5.75 Å². The summed E-state index contributed by atoms with van der Waals surface area (Å²) in [6.07, 6.45) is 3.72. The van der Waals surface area contributed by atoms with Crippen LogP contribution in [0.4, 0.5) is 0 Å². The largest absolute Gasteiger partial charge is 0.497 e. The molecule has 0 aliphatic heterocycles. The Bertz CT molecular complexity index is 878. The van der Waals surface area contributed by atoms with Gasteiger partial charge in [-0.05, 0) is 72.0 Å². The number of fused-ring (bicyclic) bond motifs is 1. The summed E-state index contributed by atoms with van der Waals surface area (Å²) in [7, 11) is 1.63. The lowest BCUT2D eigenvalue weighted by molar-refractivity contribution is -0.144. The molecular formula is C29H46N2O4. The molecule has 7 atom stereocenters. The van der Waals surface area contributed by atoms with Crippen LogP contribution in [0.25, 0.3) is 0 Å². The van der Waals surface area contributed by atoms with Gasteiger partial charge in [-0.1, -0.05) is 53.7 Å². The fraction of sp³-hybridized carbons (Fsp3) is 0.724. The van der Waals surface area contributed by atoms with Crippen molar-refractivity contribution in [3.05, 3.63) is 29.8 Å². The predicted octanol–water partition coefficient (Wildman–Crippen LogP) is 4.69. The van der Waals surface area contributed by atoms with Gasteiger partial charge in [-0.15, -0.1) is 0 Å². The number of benzene rings is 1. The zero-order valence-corrected chi connectivity index (χ0v) is 22.7. The van der Waals surface area contributed by atoms with E-state index >= 15 is 0 Å². The van der Waals surface area contributed by atoms with Crippen molar-refractivity contribution in [3.63, 3.8) is 0 Å². The van der Waals surface area contributed by atoms with E-state index in [1.165, 1.54) is 0 Å². The summed E-state index contributed by atoms with van der Waals surface area (Å²) in [5.41, 5.74) is 0.998. The van der Waals surface area contributed by atoms with Crippen molar-refractivity contribution in [2.45, 2.75) is 92.3 Å². The van der Waals surface area contributed by atoms with Crippen molar-refractivity contribution >= 4 is 11.8 Å². The van der Waals surface area contributed by atoms with Gasteiger partial charge in [0.2, 0.25) is 11.8 Å². The molecule has 0 aromatic heterocycles. The van der Waals surface area contributed by atoms with Crippen molar-refractivity contribution < 1.29 is 19.4 Å². The molecule has 2 aliphatic rings. The van der Waals surface area contributed by atoms with E-state index in [0.29, 0.717) is 13.0 Å². The molecule has 35 heavy (non-hydrogen) atoms. The molecule has 3 rings (SSSR count). The molecular weight excluding hydrogens is 440 g/mol. The number of amides is 2.